The lowest BCUT2D eigenvalue weighted by molar-refractivity contribution is 0.594. The van der Waals surface area contributed by atoms with E-state index in [0.29, 0.717) is 6.07 Å². The number of rotatable bonds is 2. The van der Waals surface area contributed by atoms with Crippen molar-refractivity contribution >= 4 is 21.6 Å². The van der Waals surface area contributed by atoms with Crippen LogP contribution in [0.5, 0.6) is 0 Å². The Morgan fingerprint density at radius 3 is 2.15 bits per heavy atom. The van der Waals surface area contributed by atoms with Crippen LogP contribution in [0.1, 0.15) is 5.56 Å². The Balaban J connectivity index is 3.47. The molecule has 0 aliphatic carbocycles. The second-order valence-electron chi connectivity index (χ2n) is 3.23. The van der Waals surface area contributed by atoms with Crippen molar-refractivity contribution in [2.75, 3.05) is 5.32 Å². The van der Waals surface area contributed by atoms with Gasteiger partial charge in [-0.2, -0.15) is 21.0 Å². The van der Waals surface area contributed by atoms with Gasteiger partial charge in [0.2, 0.25) is 0 Å². The molecule has 0 amide bonds. The zero-order chi connectivity index (χ0) is 15.3. The van der Waals surface area contributed by atoms with Crippen LogP contribution in [0.25, 0.3) is 0 Å². The van der Waals surface area contributed by atoms with E-state index in [1.165, 1.54) is 24.3 Å². The maximum atomic E-state index is 13.7. The zero-order valence-electron chi connectivity index (χ0n) is 9.50. The largest absolute Gasteiger partial charge is 0.342 e. The molecule has 20 heavy (non-hydrogen) atoms. The van der Waals surface area contributed by atoms with Gasteiger partial charge < -0.3 is 5.32 Å². The molecule has 5 nitrogen and oxygen atoms in total. The van der Waals surface area contributed by atoms with Crippen molar-refractivity contribution < 1.29 is 8.78 Å². The molecule has 0 radical (unpaired) electrons. The smallest absolute Gasteiger partial charge is 0.163 e. The quantitative estimate of drug-likeness (QED) is 0.661. The van der Waals surface area contributed by atoms with Crippen LogP contribution in [-0.4, -0.2) is 0 Å². The Kier molecular flexibility index (Phi) is 4.76. The average molecular weight is 334 g/mol. The van der Waals surface area contributed by atoms with Crippen molar-refractivity contribution in [3.05, 3.63) is 39.0 Å². The van der Waals surface area contributed by atoms with Crippen LogP contribution in [-0.2, 0) is 0 Å². The number of nitriles is 4. The van der Waals surface area contributed by atoms with E-state index in [1.807, 2.05) is 0 Å². The summed E-state index contributed by atoms with van der Waals surface area (Å²) in [6, 6.07) is 6.50. The summed E-state index contributed by atoms with van der Waals surface area (Å²) in [5, 5.41) is 36.9. The van der Waals surface area contributed by atoms with Gasteiger partial charge in [-0.05, 0) is 22.0 Å². The first-order valence-corrected chi connectivity index (χ1v) is 5.58. The lowest BCUT2D eigenvalue weighted by Gasteiger charge is -2.10. The summed E-state index contributed by atoms with van der Waals surface area (Å²) < 4.78 is 27.0. The third-order valence-corrected chi connectivity index (χ3v) is 2.86. The van der Waals surface area contributed by atoms with E-state index in [1.54, 1.807) is 0 Å². The summed E-state index contributed by atoms with van der Waals surface area (Å²) in [6.45, 7) is 0. The van der Waals surface area contributed by atoms with Crippen LogP contribution < -0.4 is 5.32 Å². The molecule has 0 fully saturated rings. The molecule has 0 saturated carbocycles. The van der Waals surface area contributed by atoms with Crippen molar-refractivity contribution in [3.8, 4) is 24.3 Å². The third kappa shape index (κ3) is 2.72. The molecule has 0 bridgehead atoms. The maximum absolute atomic E-state index is 13.7. The number of benzene rings is 1. The number of allylic oxidation sites excluding steroid dienone is 2. The zero-order valence-corrected chi connectivity index (χ0v) is 11.1. The topological polar surface area (TPSA) is 107 Å². The van der Waals surface area contributed by atoms with Gasteiger partial charge in [0, 0.05) is 0 Å². The Morgan fingerprint density at radius 2 is 1.70 bits per heavy atom. The molecule has 0 heterocycles. The highest BCUT2D eigenvalue weighted by Crippen LogP contribution is 2.32. The van der Waals surface area contributed by atoms with Crippen molar-refractivity contribution in [2.24, 2.45) is 0 Å². The second kappa shape index (κ2) is 6.29. The van der Waals surface area contributed by atoms with E-state index < -0.39 is 38.6 Å². The van der Waals surface area contributed by atoms with Gasteiger partial charge >= 0.3 is 0 Å². The average Bonchev–Trinajstić information content (AvgIpc) is 2.46. The molecule has 0 aliphatic rings. The van der Waals surface area contributed by atoms with E-state index >= 15 is 0 Å². The minimum Gasteiger partial charge on any atom is -0.342 e. The van der Waals surface area contributed by atoms with Gasteiger partial charge in [-0.1, -0.05) is 0 Å². The molecule has 96 valence electrons. The fourth-order valence-electron chi connectivity index (χ4n) is 1.20. The Morgan fingerprint density at radius 1 is 1.10 bits per heavy atom. The Hall–Kier alpha value is -2.94. The predicted octanol–water partition coefficient (Wildman–Crippen LogP) is 2.84. The predicted molar refractivity (Wildman–Crippen MR) is 66.3 cm³/mol. The first kappa shape index (κ1) is 15.1. The summed E-state index contributed by atoms with van der Waals surface area (Å²) in [5.41, 5.74) is -2.12. The highest BCUT2D eigenvalue weighted by atomic mass is 79.9. The monoisotopic (exact) mass is 333 g/mol. The number of nitrogens with zero attached hydrogens (tertiary/aromatic N) is 4. The van der Waals surface area contributed by atoms with Gasteiger partial charge in [-0.3, -0.25) is 0 Å². The van der Waals surface area contributed by atoms with Gasteiger partial charge in [0.25, 0.3) is 0 Å². The highest BCUT2D eigenvalue weighted by molar-refractivity contribution is 9.10. The van der Waals surface area contributed by atoms with E-state index in [9.17, 15) is 8.78 Å². The number of anilines is 1. The van der Waals surface area contributed by atoms with E-state index in [2.05, 4.69) is 21.2 Å². The summed E-state index contributed by atoms with van der Waals surface area (Å²) in [7, 11) is 0. The first-order chi connectivity index (χ1) is 9.49. The van der Waals surface area contributed by atoms with Crippen LogP contribution in [0.3, 0.4) is 0 Å². The van der Waals surface area contributed by atoms with Crippen LogP contribution in [0.4, 0.5) is 14.5 Å². The second-order valence-corrected chi connectivity index (χ2v) is 4.02. The van der Waals surface area contributed by atoms with Gasteiger partial charge in [-0.15, -0.1) is 0 Å². The highest BCUT2D eigenvalue weighted by Gasteiger charge is 2.18. The molecular weight excluding hydrogens is 332 g/mol. The molecule has 0 aliphatic heterocycles. The van der Waals surface area contributed by atoms with E-state index in [0.717, 1.165) is 0 Å². The number of hydrogen-bond donors (Lipinski definition) is 1. The van der Waals surface area contributed by atoms with Crippen molar-refractivity contribution in [2.45, 2.75) is 0 Å². The molecule has 1 N–H and O–H groups in total. The molecule has 0 atom stereocenters. The van der Waals surface area contributed by atoms with E-state index in [4.69, 9.17) is 21.0 Å². The van der Waals surface area contributed by atoms with E-state index in [-0.39, 0.29) is 0 Å². The molecule has 0 aromatic heterocycles. The SMILES string of the molecule is N#CC(C#N)=C(C#N)Nc1c(F)cc(C#N)c(F)c1Br. The summed E-state index contributed by atoms with van der Waals surface area (Å²) >= 11 is 2.75. The first-order valence-electron chi connectivity index (χ1n) is 4.79. The number of halogens is 3. The Labute approximate surface area is 120 Å². The van der Waals surface area contributed by atoms with Crippen LogP contribution >= 0.6 is 15.9 Å². The standard InChI is InChI=1S/C12H2BrF2N5/c13-10-11(15)6(2-16)1-8(14)12(10)20-9(5-19)7(3-17)4-18/h1,20H. The molecule has 0 unspecified atom stereocenters. The lowest BCUT2D eigenvalue weighted by Crippen LogP contribution is -2.05. The molecule has 0 saturated heterocycles. The minimum atomic E-state index is -1.02. The summed E-state index contributed by atoms with van der Waals surface area (Å²) in [5.74, 6) is -2.04. The Bertz CT molecular complexity index is 755. The molecule has 1 aromatic carbocycles. The van der Waals surface area contributed by atoms with Crippen molar-refractivity contribution in [1.82, 2.24) is 0 Å². The molecular formula is C12H2BrF2N5. The fourth-order valence-corrected chi connectivity index (χ4v) is 1.70. The summed E-state index contributed by atoms with van der Waals surface area (Å²) in [4.78, 5) is 0. The normalized spacial score (nSPS) is 8.55. The minimum absolute atomic E-state index is 0.419. The van der Waals surface area contributed by atoms with Gasteiger partial charge in [0.1, 0.15) is 35.8 Å². The van der Waals surface area contributed by atoms with Crippen molar-refractivity contribution in [1.29, 1.82) is 21.0 Å². The van der Waals surface area contributed by atoms with Crippen LogP contribution in [0.15, 0.2) is 21.8 Å². The van der Waals surface area contributed by atoms with Gasteiger partial charge in [-0.25, -0.2) is 8.78 Å². The number of hydrogen-bond acceptors (Lipinski definition) is 5. The maximum Gasteiger partial charge on any atom is 0.163 e. The van der Waals surface area contributed by atoms with Crippen molar-refractivity contribution in [3.63, 3.8) is 0 Å². The molecule has 0 spiro atoms. The fraction of sp³-hybridized carbons (Fsp3) is 0. The lowest BCUT2D eigenvalue weighted by atomic mass is 10.1. The van der Waals surface area contributed by atoms with Gasteiger partial charge in [0.15, 0.2) is 11.4 Å². The van der Waals surface area contributed by atoms with Crippen LogP contribution in [0.2, 0.25) is 0 Å². The summed E-state index contributed by atoms with van der Waals surface area (Å²) in [6.07, 6.45) is 0. The van der Waals surface area contributed by atoms with Gasteiger partial charge in [0.05, 0.1) is 15.7 Å². The molecule has 8 heteroatoms. The number of nitrogens with one attached hydrogen (secondary N) is 1. The molecule has 1 aromatic rings. The van der Waals surface area contributed by atoms with Crippen LogP contribution in [0, 0.1) is 57.0 Å². The third-order valence-electron chi connectivity index (χ3n) is 2.11. The molecule has 1 rings (SSSR count).